The van der Waals surface area contributed by atoms with E-state index >= 15 is 0 Å². The van der Waals surface area contributed by atoms with Gasteiger partial charge in [-0.2, -0.15) is 0 Å². The second-order valence-electron chi connectivity index (χ2n) is 3.59. The number of aliphatic hydroxyl groups is 1. The normalized spacial score (nSPS) is 13.9. The Bertz CT molecular complexity index is 452. The highest BCUT2D eigenvalue weighted by molar-refractivity contribution is 7.90. The fourth-order valence-electron chi connectivity index (χ4n) is 1.30. The molecule has 1 rings (SSSR count). The van der Waals surface area contributed by atoms with Crippen LogP contribution in [0.5, 0.6) is 0 Å². The van der Waals surface area contributed by atoms with Crippen molar-refractivity contribution >= 4 is 9.84 Å². The molecule has 0 heterocycles. The molecule has 0 aliphatic heterocycles. The van der Waals surface area contributed by atoms with Crippen molar-refractivity contribution in [2.75, 3.05) is 6.26 Å². The zero-order chi connectivity index (χ0) is 11.6. The van der Waals surface area contributed by atoms with Crippen molar-refractivity contribution in [3.05, 3.63) is 29.6 Å². The third kappa shape index (κ3) is 3.28. The van der Waals surface area contributed by atoms with Crippen molar-refractivity contribution in [3.8, 4) is 0 Å². The average Bonchev–Trinajstić information content (AvgIpc) is 2.05. The first-order chi connectivity index (χ1) is 6.80. The lowest BCUT2D eigenvalue weighted by Gasteiger charge is -2.07. The summed E-state index contributed by atoms with van der Waals surface area (Å²) in [5, 5.41) is 9.13. The molecule has 0 aromatic heterocycles. The standard InChI is InChI=1S/C10H13FO3S/c1-7(12)5-8-3-4-9(11)10(6-8)15(2,13)14/h3-4,6-7,12H,5H2,1-2H3. The quantitative estimate of drug-likeness (QED) is 0.850. The van der Waals surface area contributed by atoms with Gasteiger partial charge in [0.1, 0.15) is 10.7 Å². The second-order valence-corrected chi connectivity index (χ2v) is 5.57. The van der Waals surface area contributed by atoms with E-state index in [9.17, 15) is 12.8 Å². The summed E-state index contributed by atoms with van der Waals surface area (Å²) in [4.78, 5) is -0.319. The Balaban J connectivity index is 3.18. The lowest BCUT2D eigenvalue weighted by molar-refractivity contribution is 0.195. The molecule has 15 heavy (non-hydrogen) atoms. The summed E-state index contributed by atoms with van der Waals surface area (Å²) in [6, 6.07) is 3.84. The van der Waals surface area contributed by atoms with Gasteiger partial charge in [0, 0.05) is 6.26 Å². The van der Waals surface area contributed by atoms with Crippen LogP contribution in [0, 0.1) is 5.82 Å². The van der Waals surface area contributed by atoms with Crippen LogP contribution in [0.4, 0.5) is 4.39 Å². The van der Waals surface area contributed by atoms with Crippen molar-refractivity contribution in [3.63, 3.8) is 0 Å². The van der Waals surface area contributed by atoms with Gasteiger partial charge in [-0.25, -0.2) is 12.8 Å². The van der Waals surface area contributed by atoms with Crippen LogP contribution in [0.2, 0.25) is 0 Å². The molecule has 1 aromatic rings. The van der Waals surface area contributed by atoms with Crippen LogP contribution in [0.3, 0.4) is 0 Å². The Hall–Kier alpha value is -0.940. The molecule has 5 heteroatoms. The second kappa shape index (κ2) is 4.28. The molecule has 0 aliphatic carbocycles. The molecule has 0 saturated carbocycles. The highest BCUT2D eigenvalue weighted by atomic mass is 32.2. The van der Waals surface area contributed by atoms with Gasteiger partial charge in [-0.15, -0.1) is 0 Å². The molecule has 1 unspecified atom stereocenters. The van der Waals surface area contributed by atoms with E-state index in [1.54, 1.807) is 6.92 Å². The molecular weight excluding hydrogens is 219 g/mol. The third-order valence-corrected chi connectivity index (χ3v) is 3.04. The van der Waals surface area contributed by atoms with Crippen molar-refractivity contribution in [2.45, 2.75) is 24.3 Å². The molecule has 1 aromatic carbocycles. The first-order valence-electron chi connectivity index (χ1n) is 4.47. The van der Waals surface area contributed by atoms with Crippen LogP contribution in [-0.4, -0.2) is 25.9 Å². The molecular formula is C10H13FO3S. The number of rotatable bonds is 3. The fourth-order valence-corrected chi connectivity index (χ4v) is 2.09. The van der Waals surface area contributed by atoms with Crippen LogP contribution in [0.25, 0.3) is 0 Å². The third-order valence-electron chi connectivity index (χ3n) is 1.93. The van der Waals surface area contributed by atoms with Gasteiger partial charge in [0.25, 0.3) is 0 Å². The molecule has 0 bridgehead atoms. The first kappa shape index (κ1) is 12.1. The van der Waals surface area contributed by atoms with Gasteiger partial charge in [0.15, 0.2) is 9.84 Å². The van der Waals surface area contributed by atoms with Crippen LogP contribution in [0.15, 0.2) is 23.1 Å². The van der Waals surface area contributed by atoms with E-state index in [1.165, 1.54) is 12.1 Å². The van der Waals surface area contributed by atoms with E-state index in [2.05, 4.69) is 0 Å². The summed E-state index contributed by atoms with van der Waals surface area (Å²) in [5.41, 5.74) is 0.604. The van der Waals surface area contributed by atoms with Gasteiger partial charge in [-0.3, -0.25) is 0 Å². The number of hydrogen-bond donors (Lipinski definition) is 1. The Morgan fingerprint density at radius 2 is 2.07 bits per heavy atom. The largest absolute Gasteiger partial charge is 0.393 e. The topological polar surface area (TPSA) is 54.4 Å². The van der Waals surface area contributed by atoms with Gasteiger partial charge < -0.3 is 5.11 Å². The van der Waals surface area contributed by atoms with Crippen molar-refractivity contribution < 1.29 is 17.9 Å². The van der Waals surface area contributed by atoms with E-state index in [-0.39, 0.29) is 4.90 Å². The maximum Gasteiger partial charge on any atom is 0.178 e. The summed E-state index contributed by atoms with van der Waals surface area (Å²) < 4.78 is 35.5. The Labute approximate surface area is 88.5 Å². The van der Waals surface area contributed by atoms with Crippen LogP contribution >= 0.6 is 0 Å². The molecule has 0 fully saturated rings. The van der Waals surface area contributed by atoms with E-state index in [4.69, 9.17) is 5.11 Å². The van der Waals surface area contributed by atoms with E-state index in [0.717, 1.165) is 12.3 Å². The molecule has 0 amide bonds. The molecule has 0 radical (unpaired) electrons. The van der Waals surface area contributed by atoms with Gasteiger partial charge in [-0.05, 0) is 31.0 Å². The number of benzene rings is 1. The summed E-state index contributed by atoms with van der Waals surface area (Å²) >= 11 is 0. The van der Waals surface area contributed by atoms with E-state index in [1.807, 2.05) is 0 Å². The van der Waals surface area contributed by atoms with Gasteiger partial charge in [0.05, 0.1) is 6.10 Å². The van der Waals surface area contributed by atoms with Crippen LogP contribution < -0.4 is 0 Å². The molecule has 1 atom stereocenters. The highest BCUT2D eigenvalue weighted by Crippen LogP contribution is 2.17. The fraction of sp³-hybridized carbons (Fsp3) is 0.400. The SMILES string of the molecule is CC(O)Cc1ccc(F)c(S(C)(=O)=O)c1. The average molecular weight is 232 g/mol. The summed E-state index contributed by atoms with van der Waals surface area (Å²) in [5.74, 6) is -0.758. The van der Waals surface area contributed by atoms with Crippen LogP contribution in [0.1, 0.15) is 12.5 Å². The zero-order valence-electron chi connectivity index (χ0n) is 8.57. The van der Waals surface area contributed by atoms with Crippen LogP contribution in [-0.2, 0) is 16.3 Å². The summed E-state index contributed by atoms with van der Waals surface area (Å²) in [7, 11) is -3.55. The maximum atomic E-state index is 13.2. The molecule has 84 valence electrons. The minimum atomic E-state index is -3.55. The van der Waals surface area contributed by atoms with Crippen molar-refractivity contribution in [1.29, 1.82) is 0 Å². The van der Waals surface area contributed by atoms with E-state index < -0.39 is 21.8 Å². The molecule has 1 N–H and O–H groups in total. The maximum absolute atomic E-state index is 13.2. The molecule has 0 aliphatic rings. The number of aliphatic hydroxyl groups excluding tert-OH is 1. The number of halogens is 1. The Morgan fingerprint density at radius 3 is 2.53 bits per heavy atom. The Morgan fingerprint density at radius 1 is 1.47 bits per heavy atom. The Kier molecular flexibility index (Phi) is 3.46. The van der Waals surface area contributed by atoms with E-state index in [0.29, 0.717) is 12.0 Å². The van der Waals surface area contributed by atoms with Gasteiger partial charge in [0.2, 0.25) is 0 Å². The summed E-state index contributed by atoms with van der Waals surface area (Å²) in [6.07, 6.45) is 0.684. The highest BCUT2D eigenvalue weighted by Gasteiger charge is 2.14. The van der Waals surface area contributed by atoms with Crippen molar-refractivity contribution in [2.24, 2.45) is 0 Å². The summed E-state index contributed by atoms with van der Waals surface area (Å²) in [6.45, 7) is 1.59. The van der Waals surface area contributed by atoms with Gasteiger partial charge in [-0.1, -0.05) is 6.07 Å². The predicted octanol–water partition coefficient (Wildman–Crippen LogP) is 1.15. The zero-order valence-corrected chi connectivity index (χ0v) is 9.38. The minimum Gasteiger partial charge on any atom is -0.393 e. The first-order valence-corrected chi connectivity index (χ1v) is 6.36. The number of hydrogen-bond acceptors (Lipinski definition) is 3. The minimum absolute atomic E-state index is 0.308. The monoisotopic (exact) mass is 232 g/mol. The molecule has 3 nitrogen and oxygen atoms in total. The van der Waals surface area contributed by atoms with Gasteiger partial charge >= 0.3 is 0 Å². The lowest BCUT2D eigenvalue weighted by Crippen LogP contribution is -2.07. The smallest absolute Gasteiger partial charge is 0.178 e. The molecule has 0 saturated heterocycles. The predicted molar refractivity (Wildman–Crippen MR) is 54.9 cm³/mol. The lowest BCUT2D eigenvalue weighted by atomic mass is 10.1. The molecule has 0 spiro atoms. The number of sulfone groups is 1. The van der Waals surface area contributed by atoms with Crippen molar-refractivity contribution in [1.82, 2.24) is 0 Å².